The van der Waals surface area contributed by atoms with Crippen LogP contribution in [0.25, 0.3) is 11.0 Å². The Balaban J connectivity index is 1.51. The summed E-state index contributed by atoms with van der Waals surface area (Å²) in [7, 11) is 4.34. The second kappa shape index (κ2) is 8.40. The second-order valence-corrected chi connectivity index (χ2v) is 8.67. The van der Waals surface area contributed by atoms with Crippen molar-refractivity contribution in [2.75, 3.05) is 53.4 Å². The first-order chi connectivity index (χ1) is 14.4. The molecule has 30 heavy (non-hydrogen) atoms. The molecule has 1 amide bonds. The molecule has 0 bridgehead atoms. The van der Waals surface area contributed by atoms with Gasteiger partial charge in [0.2, 0.25) is 0 Å². The third-order valence-corrected chi connectivity index (χ3v) is 6.58. The van der Waals surface area contributed by atoms with Crippen molar-refractivity contribution in [1.82, 2.24) is 14.7 Å². The van der Waals surface area contributed by atoms with Gasteiger partial charge in [-0.05, 0) is 51.6 Å². The Labute approximate surface area is 177 Å². The van der Waals surface area contributed by atoms with Crippen LogP contribution in [0.2, 0.25) is 0 Å². The van der Waals surface area contributed by atoms with E-state index in [-0.39, 0.29) is 17.0 Å². The molecule has 162 valence electrons. The first-order valence-electron chi connectivity index (χ1n) is 10.8. The normalized spacial score (nSPS) is 20.0. The van der Waals surface area contributed by atoms with Gasteiger partial charge in [0.15, 0.2) is 0 Å². The Morgan fingerprint density at radius 3 is 2.63 bits per heavy atom. The minimum absolute atomic E-state index is 0.106. The van der Waals surface area contributed by atoms with Gasteiger partial charge in [0.1, 0.15) is 16.9 Å². The van der Waals surface area contributed by atoms with Gasteiger partial charge in [-0.1, -0.05) is 6.92 Å². The van der Waals surface area contributed by atoms with Crippen LogP contribution in [-0.2, 0) is 0 Å². The largest absolute Gasteiger partial charge is 0.493 e. The third-order valence-electron chi connectivity index (χ3n) is 6.58. The number of piperazine rings is 1. The van der Waals surface area contributed by atoms with E-state index in [1.807, 2.05) is 19.1 Å². The molecule has 0 atom stereocenters. The summed E-state index contributed by atoms with van der Waals surface area (Å²) in [5, 5.41) is 0.726. The molecule has 1 aromatic carbocycles. The van der Waals surface area contributed by atoms with Crippen molar-refractivity contribution >= 4 is 16.9 Å². The number of carbonyl (C=O) groups excluding carboxylic acids is 1. The molecule has 2 aliphatic rings. The number of fused-ring (bicyclic) bond motifs is 1. The van der Waals surface area contributed by atoms with Crippen molar-refractivity contribution in [1.29, 1.82) is 0 Å². The van der Waals surface area contributed by atoms with E-state index in [1.54, 1.807) is 17.0 Å². The lowest BCUT2D eigenvalue weighted by Gasteiger charge is -2.52. The molecule has 1 spiro atoms. The number of benzene rings is 1. The summed E-state index contributed by atoms with van der Waals surface area (Å²) in [6.45, 7) is 7.08. The Kier molecular flexibility index (Phi) is 5.84. The van der Waals surface area contributed by atoms with Crippen LogP contribution >= 0.6 is 0 Å². The zero-order valence-corrected chi connectivity index (χ0v) is 18.1. The number of carbonyl (C=O) groups is 1. The van der Waals surface area contributed by atoms with Gasteiger partial charge in [0.25, 0.3) is 5.91 Å². The van der Waals surface area contributed by atoms with E-state index >= 15 is 0 Å². The Morgan fingerprint density at radius 1 is 1.13 bits per heavy atom. The lowest BCUT2D eigenvalue weighted by molar-refractivity contribution is -0.0158. The highest BCUT2D eigenvalue weighted by molar-refractivity contribution is 5.96. The number of likely N-dealkylation sites (tertiary alicyclic amines) is 1. The Morgan fingerprint density at radius 2 is 1.90 bits per heavy atom. The van der Waals surface area contributed by atoms with Crippen LogP contribution < -0.4 is 10.4 Å². The molecule has 0 radical (unpaired) electrons. The number of hydrogen-bond donors (Lipinski definition) is 0. The quantitative estimate of drug-likeness (QED) is 0.718. The van der Waals surface area contributed by atoms with E-state index in [9.17, 15) is 9.59 Å². The highest BCUT2D eigenvalue weighted by atomic mass is 16.5. The van der Waals surface area contributed by atoms with Gasteiger partial charge >= 0.3 is 5.63 Å². The van der Waals surface area contributed by atoms with Crippen LogP contribution in [0.4, 0.5) is 0 Å². The summed E-state index contributed by atoms with van der Waals surface area (Å²) in [6, 6.07) is 7.03. The smallest absolute Gasteiger partial charge is 0.349 e. The van der Waals surface area contributed by atoms with Gasteiger partial charge in [0.05, 0.1) is 6.61 Å². The van der Waals surface area contributed by atoms with Gasteiger partial charge < -0.3 is 19.0 Å². The van der Waals surface area contributed by atoms with Crippen LogP contribution in [0.15, 0.2) is 33.5 Å². The van der Waals surface area contributed by atoms with Gasteiger partial charge in [-0.2, -0.15) is 0 Å². The van der Waals surface area contributed by atoms with Crippen molar-refractivity contribution < 1.29 is 13.9 Å². The Bertz CT molecular complexity index is 978. The predicted molar refractivity (Wildman–Crippen MR) is 116 cm³/mol. The molecule has 2 fully saturated rings. The number of hydrogen-bond acceptors (Lipinski definition) is 6. The molecule has 2 aromatic rings. The van der Waals surface area contributed by atoms with Crippen LogP contribution in [0, 0.1) is 0 Å². The first-order valence-corrected chi connectivity index (χ1v) is 10.8. The standard InChI is InChI=1S/C23H31N3O4/c1-4-13-29-18-6-5-17-14-19(22(28)30-20(17)15-18)21(27)26-9-7-23(8-10-26)16-24(2)11-12-25(23)3/h5-6,14-15H,4,7-13,16H2,1-3H3. The van der Waals surface area contributed by atoms with Crippen molar-refractivity contribution in [3.05, 3.63) is 40.2 Å². The molecule has 4 rings (SSSR count). The fourth-order valence-electron chi connectivity index (χ4n) is 4.65. The monoisotopic (exact) mass is 413 g/mol. The Hall–Kier alpha value is -2.38. The number of ether oxygens (including phenoxy) is 1. The van der Waals surface area contributed by atoms with E-state index < -0.39 is 5.63 Å². The SMILES string of the molecule is CCCOc1ccc2cc(C(=O)N3CCC4(CC3)CN(C)CCN4C)c(=O)oc2c1. The highest BCUT2D eigenvalue weighted by Gasteiger charge is 2.42. The summed E-state index contributed by atoms with van der Waals surface area (Å²) in [5.41, 5.74) is 0.0755. The third kappa shape index (κ3) is 3.96. The number of likely N-dealkylation sites (N-methyl/N-ethyl adjacent to an activating group) is 2. The van der Waals surface area contributed by atoms with Crippen LogP contribution in [0.5, 0.6) is 5.75 Å². The van der Waals surface area contributed by atoms with Crippen LogP contribution in [0.1, 0.15) is 36.5 Å². The van der Waals surface area contributed by atoms with Gasteiger partial charge in [0, 0.05) is 49.7 Å². The molecule has 2 aliphatic heterocycles. The maximum Gasteiger partial charge on any atom is 0.349 e. The van der Waals surface area contributed by atoms with E-state index in [0.717, 1.165) is 44.3 Å². The predicted octanol–water partition coefficient (Wildman–Crippen LogP) is 2.43. The fraction of sp³-hybridized carbons (Fsp3) is 0.565. The lowest BCUT2D eigenvalue weighted by Crippen LogP contribution is -2.64. The molecule has 3 heterocycles. The van der Waals surface area contributed by atoms with Gasteiger partial charge in [-0.25, -0.2) is 4.79 Å². The minimum Gasteiger partial charge on any atom is -0.493 e. The van der Waals surface area contributed by atoms with Crippen molar-refractivity contribution in [3.63, 3.8) is 0 Å². The van der Waals surface area contributed by atoms with Gasteiger partial charge in [-0.3, -0.25) is 9.69 Å². The topological polar surface area (TPSA) is 66.2 Å². The molecular formula is C23H31N3O4. The molecule has 7 nitrogen and oxygen atoms in total. The highest BCUT2D eigenvalue weighted by Crippen LogP contribution is 2.31. The van der Waals surface area contributed by atoms with Crippen molar-refractivity contribution in [2.45, 2.75) is 31.7 Å². The lowest BCUT2D eigenvalue weighted by atomic mass is 9.83. The minimum atomic E-state index is -0.588. The van der Waals surface area contributed by atoms with Gasteiger partial charge in [-0.15, -0.1) is 0 Å². The average Bonchev–Trinajstić information content (AvgIpc) is 2.74. The summed E-state index contributed by atoms with van der Waals surface area (Å²) in [5.74, 6) is 0.424. The maximum atomic E-state index is 13.1. The summed E-state index contributed by atoms with van der Waals surface area (Å²) >= 11 is 0. The molecule has 2 saturated heterocycles. The summed E-state index contributed by atoms with van der Waals surface area (Å²) in [6.07, 6.45) is 2.73. The zero-order valence-electron chi connectivity index (χ0n) is 18.1. The van der Waals surface area contributed by atoms with Crippen molar-refractivity contribution in [2.24, 2.45) is 0 Å². The number of nitrogens with zero attached hydrogens (tertiary/aromatic N) is 3. The number of piperidine rings is 1. The maximum absolute atomic E-state index is 13.1. The molecular weight excluding hydrogens is 382 g/mol. The van der Waals surface area contributed by atoms with Crippen LogP contribution in [0.3, 0.4) is 0 Å². The second-order valence-electron chi connectivity index (χ2n) is 8.67. The van der Waals surface area contributed by atoms with E-state index in [2.05, 4.69) is 23.9 Å². The number of rotatable bonds is 4. The zero-order chi connectivity index (χ0) is 21.3. The number of amides is 1. The average molecular weight is 414 g/mol. The summed E-state index contributed by atoms with van der Waals surface area (Å²) < 4.78 is 11.1. The molecule has 0 aliphatic carbocycles. The molecule has 7 heteroatoms. The molecule has 0 saturated carbocycles. The molecule has 0 N–H and O–H groups in total. The van der Waals surface area contributed by atoms with E-state index in [1.165, 1.54) is 0 Å². The summed E-state index contributed by atoms with van der Waals surface area (Å²) in [4.78, 5) is 32.3. The fourth-order valence-corrected chi connectivity index (χ4v) is 4.65. The first kappa shape index (κ1) is 20.9. The molecule has 0 unspecified atom stereocenters. The van der Waals surface area contributed by atoms with E-state index in [0.29, 0.717) is 31.0 Å². The van der Waals surface area contributed by atoms with E-state index in [4.69, 9.17) is 9.15 Å². The van der Waals surface area contributed by atoms with Crippen LogP contribution in [-0.4, -0.2) is 79.6 Å². The van der Waals surface area contributed by atoms with Crippen molar-refractivity contribution in [3.8, 4) is 5.75 Å². The molecule has 1 aromatic heterocycles.